The second kappa shape index (κ2) is 8.67. The fraction of sp³-hybridized carbons (Fsp3) is 0.667. The zero-order chi connectivity index (χ0) is 18.6. The number of benzene rings is 1. The lowest BCUT2D eigenvalue weighted by Gasteiger charge is -2.36. The number of hydrogen-bond donors (Lipinski definition) is 1. The maximum absolute atomic E-state index is 13.3. The van der Waals surface area contributed by atoms with Crippen molar-refractivity contribution in [3.8, 4) is 0 Å². The summed E-state index contributed by atoms with van der Waals surface area (Å²) in [5.74, 6) is -0.0341. The van der Waals surface area contributed by atoms with Crippen molar-refractivity contribution in [2.24, 2.45) is 0 Å². The Kier molecular flexibility index (Phi) is 6.05. The van der Waals surface area contributed by atoms with Crippen LogP contribution in [-0.4, -0.2) is 66.6 Å². The van der Waals surface area contributed by atoms with Crippen LogP contribution in [0.5, 0.6) is 0 Å². The normalized spacial score (nSPS) is 27.4. The van der Waals surface area contributed by atoms with E-state index in [0.717, 1.165) is 44.2 Å². The number of carbonyl (C=O) groups excluding carboxylic acids is 1. The van der Waals surface area contributed by atoms with E-state index >= 15 is 0 Å². The van der Waals surface area contributed by atoms with Gasteiger partial charge in [0.15, 0.2) is 0 Å². The molecule has 2 saturated heterocycles. The molecule has 1 saturated carbocycles. The van der Waals surface area contributed by atoms with Crippen LogP contribution in [0.4, 0.5) is 4.39 Å². The van der Waals surface area contributed by atoms with Crippen molar-refractivity contribution in [1.82, 2.24) is 15.1 Å². The van der Waals surface area contributed by atoms with Gasteiger partial charge in [0.25, 0.3) is 0 Å². The number of ether oxygens (including phenoxy) is 1. The summed E-state index contributed by atoms with van der Waals surface area (Å²) in [5.41, 5.74) is 0.827. The monoisotopic (exact) mass is 375 g/mol. The van der Waals surface area contributed by atoms with E-state index in [9.17, 15) is 9.18 Å². The standard InChI is InChI=1S/C21H30FN3O2/c22-17-5-1-4-16(12-17)15-27-19-13-20(23-14-19)21(26)25-9-3-8-24(10-11-25)18-6-2-7-18/h1,4-5,12,18-20,23H,2-3,6-11,13-15H2/t19?,20-/m1/s1. The average molecular weight is 375 g/mol. The minimum absolute atomic E-state index is 0.000621. The molecular formula is C21H30FN3O2. The van der Waals surface area contributed by atoms with Crippen LogP contribution in [-0.2, 0) is 16.1 Å². The highest BCUT2D eigenvalue weighted by Gasteiger charge is 2.34. The number of rotatable bonds is 5. The van der Waals surface area contributed by atoms with Crippen LogP contribution in [0.15, 0.2) is 24.3 Å². The summed E-state index contributed by atoms with van der Waals surface area (Å²) in [6.45, 7) is 4.87. The minimum atomic E-state index is -0.245. The van der Waals surface area contributed by atoms with Gasteiger partial charge in [-0.2, -0.15) is 0 Å². The molecule has 1 aromatic carbocycles. The van der Waals surface area contributed by atoms with Crippen LogP contribution in [0.1, 0.15) is 37.7 Å². The lowest BCUT2D eigenvalue weighted by molar-refractivity contribution is -0.133. The molecule has 1 aromatic rings. The van der Waals surface area contributed by atoms with Crippen molar-refractivity contribution in [1.29, 1.82) is 0 Å². The number of nitrogens with one attached hydrogen (secondary N) is 1. The van der Waals surface area contributed by atoms with Crippen LogP contribution < -0.4 is 5.32 Å². The Morgan fingerprint density at radius 3 is 2.85 bits per heavy atom. The van der Waals surface area contributed by atoms with E-state index in [0.29, 0.717) is 19.6 Å². The van der Waals surface area contributed by atoms with E-state index < -0.39 is 0 Å². The molecule has 2 aliphatic heterocycles. The smallest absolute Gasteiger partial charge is 0.239 e. The molecule has 4 rings (SSSR count). The Bertz CT molecular complexity index is 652. The molecule has 1 N–H and O–H groups in total. The Morgan fingerprint density at radius 1 is 1.19 bits per heavy atom. The Hall–Kier alpha value is -1.50. The number of hydrogen-bond acceptors (Lipinski definition) is 4. The molecular weight excluding hydrogens is 345 g/mol. The lowest BCUT2D eigenvalue weighted by Crippen LogP contribution is -2.46. The zero-order valence-corrected chi connectivity index (χ0v) is 15.9. The molecule has 3 fully saturated rings. The van der Waals surface area contributed by atoms with Gasteiger partial charge in [0.1, 0.15) is 5.82 Å². The third-order valence-corrected chi connectivity index (χ3v) is 6.20. The number of carbonyl (C=O) groups is 1. The van der Waals surface area contributed by atoms with Gasteiger partial charge in [-0.1, -0.05) is 18.6 Å². The van der Waals surface area contributed by atoms with Gasteiger partial charge in [-0.15, -0.1) is 0 Å². The molecule has 1 aliphatic carbocycles. The largest absolute Gasteiger partial charge is 0.372 e. The van der Waals surface area contributed by atoms with E-state index in [1.165, 1.54) is 31.4 Å². The summed E-state index contributed by atoms with van der Waals surface area (Å²) < 4.78 is 19.2. The van der Waals surface area contributed by atoms with E-state index in [1.54, 1.807) is 6.07 Å². The van der Waals surface area contributed by atoms with E-state index in [2.05, 4.69) is 10.2 Å². The molecule has 148 valence electrons. The molecule has 1 amide bonds. The van der Waals surface area contributed by atoms with E-state index in [-0.39, 0.29) is 23.9 Å². The molecule has 1 unspecified atom stereocenters. The Labute approximate surface area is 160 Å². The predicted molar refractivity (Wildman–Crippen MR) is 102 cm³/mol. The lowest BCUT2D eigenvalue weighted by atomic mass is 9.91. The quantitative estimate of drug-likeness (QED) is 0.857. The molecule has 0 radical (unpaired) electrons. The van der Waals surface area contributed by atoms with Crippen LogP contribution in [0, 0.1) is 5.82 Å². The van der Waals surface area contributed by atoms with Crippen LogP contribution in [0.3, 0.4) is 0 Å². The van der Waals surface area contributed by atoms with Crippen molar-refractivity contribution < 1.29 is 13.9 Å². The van der Waals surface area contributed by atoms with E-state index in [4.69, 9.17) is 4.74 Å². The summed E-state index contributed by atoms with van der Waals surface area (Å²) >= 11 is 0. The van der Waals surface area contributed by atoms with Crippen molar-refractivity contribution in [2.75, 3.05) is 32.7 Å². The first-order valence-corrected chi connectivity index (χ1v) is 10.3. The first kappa shape index (κ1) is 18.8. The van der Waals surface area contributed by atoms with Crippen LogP contribution >= 0.6 is 0 Å². The Balaban J connectivity index is 1.23. The SMILES string of the molecule is O=C([C@H]1CC(OCc2cccc(F)c2)CN1)N1CCCN(C2CCC2)CC1. The molecule has 0 spiro atoms. The van der Waals surface area contributed by atoms with Gasteiger partial charge in [0.2, 0.25) is 5.91 Å². The third-order valence-electron chi connectivity index (χ3n) is 6.20. The zero-order valence-electron chi connectivity index (χ0n) is 15.9. The summed E-state index contributed by atoms with van der Waals surface area (Å²) in [6.07, 6.45) is 5.75. The Morgan fingerprint density at radius 2 is 2.07 bits per heavy atom. The molecule has 0 aromatic heterocycles. The third kappa shape index (κ3) is 4.68. The molecule has 27 heavy (non-hydrogen) atoms. The topological polar surface area (TPSA) is 44.8 Å². The van der Waals surface area contributed by atoms with Gasteiger partial charge in [-0.05, 0) is 43.4 Å². The molecule has 2 heterocycles. The highest BCUT2D eigenvalue weighted by Crippen LogP contribution is 2.26. The average Bonchev–Trinajstić information content (AvgIpc) is 2.97. The molecule has 0 bridgehead atoms. The molecule has 3 aliphatic rings. The minimum Gasteiger partial charge on any atom is -0.372 e. The number of halogens is 1. The molecule has 6 heteroatoms. The van der Waals surface area contributed by atoms with Crippen molar-refractivity contribution in [3.05, 3.63) is 35.6 Å². The summed E-state index contributed by atoms with van der Waals surface area (Å²) in [5, 5.41) is 3.32. The summed E-state index contributed by atoms with van der Waals surface area (Å²) in [6, 6.07) is 7.08. The van der Waals surface area contributed by atoms with Gasteiger partial charge in [-0.25, -0.2) is 4.39 Å². The number of nitrogens with zero attached hydrogens (tertiary/aromatic N) is 2. The first-order valence-electron chi connectivity index (χ1n) is 10.3. The molecule has 2 atom stereocenters. The van der Waals surface area contributed by atoms with Crippen LogP contribution in [0.2, 0.25) is 0 Å². The fourth-order valence-corrected chi connectivity index (χ4v) is 4.35. The van der Waals surface area contributed by atoms with Gasteiger partial charge < -0.3 is 15.0 Å². The van der Waals surface area contributed by atoms with Crippen LogP contribution in [0.25, 0.3) is 0 Å². The van der Waals surface area contributed by atoms with Gasteiger partial charge >= 0.3 is 0 Å². The first-order chi connectivity index (χ1) is 13.2. The second-order valence-corrected chi connectivity index (χ2v) is 8.06. The highest BCUT2D eigenvalue weighted by molar-refractivity contribution is 5.82. The fourth-order valence-electron chi connectivity index (χ4n) is 4.35. The number of amides is 1. The second-order valence-electron chi connectivity index (χ2n) is 8.06. The maximum atomic E-state index is 13.3. The van der Waals surface area contributed by atoms with Gasteiger partial charge in [0, 0.05) is 38.8 Å². The molecule has 5 nitrogen and oxygen atoms in total. The van der Waals surface area contributed by atoms with Crippen molar-refractivity contribution in [2.45, 2.75) is 56.9 Å². The summed E-state index contributed by atoms with van der Waals surface area (Å²) in [4.78, 5) is 17.5. The summed E-state index contributed by atoms with van der Waals surface area (Å²) in [7, 11) is 0. The highest BCUT2D eigenvalue weighted by atomic mass is 19.1. The van der Waals surface area contributed by atoms with Crippen molar-refractivity contribution >= 4 is 5.91 Å². The van der Waals surface area contributed by atoms with Crippen molar-refractivity contribution in [3.63, 3.8) is 0 Å². The van der Waals surface area contributed by atoms with Gasteiger partial charge in [0.05, 0.1) is 18.8 Å². The maximum Gasteiger partial charge on any atom is 0.239 e. The van der Waals surface area contributed by atoms with E-state index in [1.807, 2.05) is 11.0 Å². The predicted octanol–water partition coefficient (Wildman–Crippen LogP) is 2.16. The van der Waals surface area contributed by atoms with Gasteiger partial charge in [-0.3, -0.25) is 9.69 Å².